The zero-order valence-electron chi connectivity index (χ0n) is 27.5. The van der Waals surface area contributed by atoms with Gasteiger partial charge < -0.3 is 4.42 Å². The number of hydrogen-bond donors (Lipinski definition) is 0. The normalized spacial score (nSPS) is 11.5. The average Bonchev–Trinajstić information content (AvgIpc) is 3.60. The Kier molecular flexibility index (Phi) is 6.78. The molecule has 0 bridgehead atoms. The summed E-state index contributed by atoms with van der Waals surface area (Å²) < 4.78 is 6.74. The Morgan fingerprint density at radius 1 is 0.333 bits per heavy atom. The summed E-state index contributed by atoms with van der Waals surface area (Å²) in [5.74, 6) is 1.86. The third kappa shape index (κ3) is 5.04. The minimum absolute atomic E-state index is 0.604. The second kappa shape index (κ2) is 11.9. The monoisotopic (exact) mass is 651 g/mol. The fraction of sp³-hybridized carbons (Fsp3) is 0. The molecule has 0 amide bonds. The minimum Gasteiger partial charge on any atom is -0.455 e. The van der Waals surface area contributed by atoms with Crippen molar-refractivity contribution in [2.24, 2.45) is 0 Å². The highest BCUT2D eigenvalue weighted by atomic mass is 16.3. The first-order chi connectivity index (χ1) is 25.3. The van der Waals surface area contributed by atoms with Gasteiger partial charge in [-0.1, -0.05) is 158 Å². The molecule has 0 aliphatic carbocycles. The maximum absolute atomic E-state index is 6.74. The lowest BCUT2D eigenvalue weighted by Crippen LogP contribution is -2.00. The molecule has 238 valence electrons. The van der Waals surface area contributed by atoms with Gasteiger partial charge >= 0.3 is 0 Å². The van der Waals surface area contributed by atoms with Crippen LogP contribution in [0.2, 0.25) is 0 Å². The summed E-state index contributed by atoms with van der Waals surface area (Å²) in [4.78, 5) is 15.1. The molecule has 10 aromatic rings. The molecule has 0 radical (unpaired) electrons. The zero-order valence-corrected chi connectivity index (χ0v) is 27.5. The summed E-state index contributed by atoms with van der Waals surface area (Å²) in [6.07, 6.45) is 0. The lowest BCUT2D eigenvalue weighted by molar-refractivity contribution is 0.670. The molecule has 10 rings (SSSR count). The molecule has 0 unspecified atom stereocenters. The van der Waals surface area contributed by atoms with E-state index in [1.165, 1.54) is 16.3 Å². The molecule has 4 heteroatoms. The molecule has 0 saturated carbocycles. The number of hydrogen-bond acceptors (Lipinski definition) is 4. The van der Waals surface area contributed by atoms with E-state index < -0.39 is 0 Å². The van der Waals surface area contributed by atoms with Crippen LogP contribution < -0.4 is 0 Å². The van der Waals surface area contributed by atoms with Gasteiger partial charge in [-0.05, 0) is 56.4 Å². The highest BCUT2D eigenvalue weighted by Crippen LogP contribution is 2.42. The standard InChI is InChI=1S/C47H29N3O/c1-3-14-34(15-4-1)45-48-46(35-16-5-2-6-17-35)50-47(49-45)36-28-40(44-41(29-36)43-39-20-10-8-13-31(39)26-27-42(43)51-44)33-24-22-32(23-25-33)38-21-11-18-30-12-7-9-19-37(30)38/h1-29H. The van der Waals surface area contributed by atoms with Crippen LogP contribution in [0.3, 0.4) is 0 Å². The largest absolute Gasteiger partial charge is 0.455 e. The maximum atomic E-state index is 6.74. The molecule has 2 heterocycles. The summed E-state index contributed by atoms with van der Waals surface area (Å²) in [6.45, 7) is 0. The van der Waals surface area contributed by atoms with E-state index in [2.05, 4.69) is 115 Å². The van der Waals surface area contributed by atoms with Crippen molar-refractivity contribution in [3.05, 3.63) is 176 Å². The molecule has 4 nitrogen and oxygen atoms in total. The van der Waals surface area contributed by atoms with Crippen molar-refractivity contribution < 1.29 is 4.42 Å². The number of benzene rings is 8. The van der Waals surface area contributed by atoms with E-state index in [9.17, 15) is 0 Å². The maximum Gasteiger partial charge on any atom is 0.164 e. The molecular weight excluding hydrogens is 623 g/mol. The Bertz CT molecular complexity index is 2830. The number of nitrogens with zero attached hydrogens (tertiary/aromatic N) is 3. The molecule has 51 heavy (non-hydrogen) atoms. The molecule has 2 aromatic heterocycles. The first-order valence-corrected chi connectivity index (χ1v) is 17.1. The van der Waals surface area contributed by atoms with E-state index >= 15 is 0 Å². The first-order valence-electron chi connectivity index (χ1n) is 17.1. The van der Waals surface area contributed by atoms with Crippen LogP contribution in [0.25, 0.3) is 99.9 Å². The Labute approximate surface area is 294 Å². The summed E-state index contributed by atoms with van der Waals surface area (Å²) in [5.41, 5.74) is 8.85. The van der Waals surface area contributed by atoms with Crippen molar-refractivity contribution in [1.82, 2.24) is 15.0 Å². The molecule has 0 fully saturated rings. The highest BCUT2D eigenvalue weighted by molar-refractivity contribution is 6.21. The van der Waals surface area contributed by atoms with Crippen LogP contribution in [0.4, 0.5) is 0 Å². The van der Waals surface area contributed by atoms with E-state index in [1.54, 1.807) is 0 Å². The van der Waals surface area contributed by atoms with E-state index in [4.69, 9.17) is 19.4 Å². The number of rotatable bonds is 5. The van der Waals surface area contributed by atoms with Gasteiger partial charge in [0.25, 0.3) is 0 Å². The molecule has 0 aliphatic rings. The van der Waals surface area contributed by atoms with Gasteiger partial charge in [0.05, 0.1) is 0 Å². The van der Waals surface area contributed by atoms with E-state index in [-0.39, 0.29) is 0 Å². The van der Waals surface area contributed by atoms with Crippen molar-refractivity contribution in [3.63, 3.8) is 0 Å². The van der Waals surface area contributed by atoms with Crippen molar-refractivity contribution in [3.8, 4) is 56.4 Å². The predicted octanol–water partition coefficient (Wildman–Crippen LogP) is 12.4. The smallest absolute Gasteiger partial charge is 0.164 e. The second-order valence-corrected chi connectivity index (χ2v) is 12.8. The van der Waals surface area contributed by atoms with Crippen molar-refractivity contribution in [2.75, 3.05) is 0 Å². The summed E-state index contributed by atoms with van der Waals surface area (Å²) in [6, 6.07) is 61.0. The van der Waals surface area contributed by atoms with Crippen LogP contribution in [0.5, 0.6) is 0 Å². The Morgan fingerprint density at radius 2 is 0.863 bits per heavy atom. The Morgan fingerprint density at radius 3 is 1.53 bits per heavy atom. The Hall–Kier alpha value is -6.91. The van der Waals surface area contributed by atoms with Crippen LogP contribution in [0.15, 0.2) is 180 Å². The predicted molar refractivity (Wildman–Crippen MR) is 209 cm³/mol. The molecule has 0 saturated heterocycles. The van der Waals surface area contributed by atoms with Gasteiger partial charge in [0.1, 0.15) is 11.2 Å². The molecule has 0 aliphatic heterocycles. The van der Waals surface area contributed by atoms with Crippen LogP contribution >= 0.6 is 0 Å². The van der Waals surface area contributed by atoms with Gasteiger partial charge in [-0.3, -0.25) is 0 Å². The van der Waals surface area contributed by atoms with Gasteiger partial charge in [0.15, 0.2) is 17.5 Å². The fourth-order valence-corrected chi connectivity index (χ4v) is 7.24. The quantitative estimate of drug-likeness (QED) is 0.186. The topological polar surface area (TPSA) is 51.8 Å². The number of fused-ring (bicyclic) bond motifs is 6. The summed E-state index contributed by atoms with van der Waals surface area (Å²) in [7, 11) is 0. The van der Waals surface area contributed by atoms with Gasteiger partial charge in [-0.15, -0.1) is 0 Å². The zero-order chi connectivity index (χ0) is 33.7. The van der Waals surface area contributed by atoms with Crippen LogP contribution in [-0.4, -0.2) is 15.0 Å². The van der Waals surface area contributed by atoms with E-state index in [0.29, 0.717) is 17.5 Å². The number of furan rings is 1. The van der Waals surface area contributed by atoms with Crippen molar-refractivity contribution in [1.29, 1.82) is 0 Å². The van der Waals surface area contributed by atoms with Crippen LogP contribution in [0, 0.1) is 0 Å². The third-order valence-electron chi connectivity index (χ3n) is 9.72. The average molecular weight is 652 g/mol. The van der Waals surface area contributed by atoms with Gasteiger partial charge in [-0.25, -0.2) is 15.0 Å². The fourth-order valence-electron chi connectivity index (χ4n) is 7.24. The van der Waals surface area contributed by atoms with Gasteiger partial charge in [-0.2, -0.15) is 0 Å². The SMILES string of the molecule is c1ccc(-c2nc(-c3ccccc3)nc(-c3cc(-c4ccc(-c5cccc6ccccc56)cc4)c4oc5ccc6ccccc6c5c4c3)n2)cc1. The van der Waals surface area contributed by atoms with Gasteiger partial charge in [0, 0.05) is 33.0 Å². The lowest BCUT2D eigenvalue weighted by atomic mass is 9.94. The molecular formula is C47H29N3O. The number of aromatic nitrogens is 3. The van der Waals surface area contributed by atoms with E-state index in [0.717, 1.165) is 66.1 Å². The molecule has 0 N–H and O–H groups in total. The molecule has 0 spiro atoms. The highest BCUT2D eigenvalue weighted by Gasteiger charge is 2.20. The van der Waals surface area contributed by atoms with Crippen LogP contribution in [0.1, 0.15) is 0 Å². The van der Waals surface area contributed by atoms with Crippen molar-refractivity contribution >= 4 is 43.5 Å². The first kappa shape index (κ1) is 29.0. The lowest BCUT2D eigenvalue weighted by Gasteiger charge is -2.11. The van der Waals surface area contributed by atoms with Crippen molar-refractivity contribution in [2.45, 2.75) is 0 Å². The summed E-state index contributed by atoms with van der Waals surface area (Å²) >= 11 is 0. The second-order valence-electron chi connectivity index (χ2n) is 12.8. The summed E-state index contributed by atoms with van der Waals surface area (Å²) in [5, 5.41) is 6.88. The molecule has 8 aromatic carbocycles. The van der Waals surface area contributed by atoms with E-state index in [1.807, 2.05) is 60.7 Å². The van der Waals surface area contributed by atoms with Gasteiger partial charge in [0.2, 0.25) is 0 Å². The third-order valence-corrected chi connectivity index (χ3v) is 9.72. The minimum atomic E-state index is 0.604. The van der Waals surface area contributed by atoms with Crippen LogP contribution in [-0.2, 0) is 0 Å². The Balaban J connectivity index is 1.22. The molecule has 0 atom stereocenters.